The minimum Gasteiger partial charge on any atom is -0.223 e. The van der Waals surface area contributed by atoms with E-state index in [1.54, 1.807) is 53.9 Å². The lowest BCUT2D eigenvalue weighted by Crippen LogP contribution is -2.31. The van der Waals surface area contributed by atoms with Crippen LogP contribution in [0.1, 0.15) is 10.1 Å². The SMILES string of the molecule is O=S(=O)(NC[C@@H](c1cccs1)S(=O)(=O)c1ccccc1)c1ccccc1. The Morgan fingerprint density at radius 3 is 1.88 bits per heavy atom. The maximum Gasteiger partial charge on any atom is 0.240 e. The van der Waals surface area contributed by atoms with Crippen LogP contribution in [0.2, 0.25) is 0 Å². The van der Waals surface area contributed by atoms with Crippen LogP contribution in [0.25, 0.3) is 0 Å². The average Bonchev–Trinajstić information content (AvgIpc) is 3.17. The first-order chi connectivity index (χ1) is 12.4. The van der Waals surface area contributed by atoms with E-state index in [4.69, 9.17) is 0 Å². The van der Waals surface area contributed by atoms with E-state index in [0.29, 0.717) is 4.88 Å². The normalized spacial score (nSPS) is 13.4. The van der Waals surface area contributed by atoms with Crippen LogP contribution in [0.4, 0.5) is 0 Å². The van der Waals surface area contributed by atoms with Gasteiger partial charge in [0.15, 0.2) is 9.84 Å². The Bertz CT molecular complexity index is 1050. The predicted octanol–water partition coefficient (Wildman–Crippen LogP) is 3.24. The summed E-state index contributed by atoms with van der Waals surface area (Å²) in [7, 11) is -7.54. The molecule has 0 fully saturated rings. The van der Waals surface area contributed by atoms with E-state index in [2.05, 4.69) is 4.72 Å². The number of nitrogens with one attached hydrogen (secondary N) is 1. The fourth-order valence-corrected chi connectivity index (χ4v) is 6.46. The second kappa shape index (κ2) is 7.71. The van der Waals surface area contributed by atoms with Gasteiger partial charge in [-0.3, -0.25) is 0 Å². The van der Waals surface area contributed by atoms with Gasteiger partial charge in [-0.1, -0.05) is 42.5 Å². The molecular weight excluding hydrogens is 390 g/mol. The van der Waals surface area contributed by atoms with Gasteiger partial charge in [0.25, 0.3) is 0 Å². The second-order valence-corrected chi connectivity index (χ2v) is 10.4. The van der Waals surface area contributed by atoms with Gasteiger partial charge in [0, 0.05) is 11.4 Å². The first kappa shape index (κ1) is 18.8. The van der Waals surface area contributed by atoms with E-state index in [-0.39, 0.29) is 16.3 Å². The van der Waals surface area contributed by atoms with Crippen LogP contribution < -0.4 is 4.72 Å². The van der Waals surface area contributed by atoms with Gasteiger partial charge in [0.2, 0.25) is 10.0 Å². The van der Waals surface area contributed by atoms with E-state index in [1.165, 1.54) is 35.6 Å². The smallest absolute Gasteiger partial charge is 0.223 e. The molecule has 5 nitrogen and oxygen atoms in total. The van der Waals surface area contributed by atoms with Gasteiger partial charge in [-0.15, -0.1) is 11.3 Å². The summed E-state index contributed by atoms with van der Waals surface area (Å²) in [6, 6.07) is 19.4. The number of hydrogen-bond donors (Lipinski definition) is 1. The molecule has 0 bridgehead atoms. The van der Waals surface area contributed by atoms with E-state index in [9.17, 15) is 16.8 Å². The van der Waals surface area contributed by atoms with Crippen molar-refractivity contribution in [2.45, 2.75) is 15.0 Å². The summed E-state index contributed by atoms with van der Waals surface area (Å²) >= 11 is 1.28. The van der Waals surface area contributed by atoms with Gasteiger partial charge in [-0.05, 0) is 35.7 Å². The number of rotatable bonds is 7. The summed E-state index contributed by atoms with van der Waals surface area (Å²) in [5, 5.41) is 0.775. The molecular formula is C18H17NO4S3. The molecule has 1 heterocycles. The summed E-state index contributed by atoms with van der Waals surface area (Å²) in [6.45, 7) is -0.241. The summed E-state index contributed by atoms with van der Waals surface area (Å²) in [5.41, 5.74) is 0. The zero-order chi connectivity index (χ0) is 18.6. The van der Waals surface area contributed by atoms with Crippen LogP contribution in [0.5, 0.6) is 0 Å². The highest BCUT2D eigenvalue weighted by molar-refractivity contribution is 7.92. The minimum absolute atomic E-state index is 0.0991. The van der Waals surface area contributed by atoms with Crippen LogP contribution in [0.3, 0.4) is 0 Å². The second-order valence-electron chi connectivity index (χ2n) is 5.53. The monoisotopic (exact) mass is 407 g/mol. The average molecular weight is 408 g/mol. The third-order valence-corrected chi connectivity index (χ3v) is 8.49. The molecule has 0 amide bonds. The molecule has 0 saturated heterocycles. The number of benzene rings is 2. The molecule has 0 radical (unpaired) electrons. The Labute approximate surface area is 157 Å². The Morgan fingerprint density at radius 2 is 1.35 bits per heavy atom. The van der Waals surface area contributed by atoms with E-state index >= 15 is 0 Å². The highest BCUT2D eigenvalue weighted by Gasteiger charge is 2.31. The lowest BCUT2D eigenvalue weighted by molar-refractivity contribution is 0.569. The summed E-state index contributed by atoms with van der Waals surface area (Å²) < 4.78 is 53.5. The quantitative estimate of drug-likeness (QED) is 0.652. The number of hydrogen-bond acceptors (Lipinski definition) is 5. The zero-order valence-electron chi connectivity index (χ0n) is 13.6. The molecule has 0 aliphatic heterocycles. The molecule has 3 rings (SSSR count). The first-order valence-corrected chi connectivity index (χ1v) is 11.7. The molecule has 0 aliphatic carbocycles. The maximum atomic E-state index is 13.1. The van der Waals surface area contributed by atoms with Crippen LogP contribution in [0, 0.1) is 0 Å². The lowest BCUT2D eigenvalue weighted by atomic mass is 10.3. The summed E-state index contributed by atoms with van der Waals surface area (Å²) in [4.78, 5) is 0.851. The predicted molar refractivity (Wildman–Crippen MR) is 102 cm³/mol. The molecule has 136 valence electrons. The zero-order valence-corrected chi connectivity index (χ0v) is 16.1. The number of sulfonamides is 1. The van der Waals surface area contributed by atoms with Crippen molar-refractivity contribution in [2.24, 2.45) is 0 Å². The van der Waals surface area contributed by atoms with Gasteiger partial charge in [0.05, 0.1) is 9.79 Å². The highest BCUT2D eigenvalue weighted by atomic mass is 32.2. The topological polar surface area (TPSA) is 80.3 Å². The lowest BCUT2D eigenvalue weighted by Gasteiger charge is -2.17. The Morgan fingerprint density at radius 1 is 0.769 bits per heavy atom. The molecule has 1 atom stereocenters. The van der Waals surface area contributed by atoms with Gasteiger partial charge in [-0.25, -0.2) is 21.6 Å². The molecule has 3 aromatic rings. The Kier molecular flexibility index (Phi) is 5.57. The molecule has 0 saturated carbocycles. The molecule has 0 spiro atoms. The van der Waals surface area contributed by atoms with Gasteiger partial charge >= 0.3 is 0 Å². The Balaban J connectivity index is 1.92. The van der Waals surface area contributed by atoms with Crippen molar-refractivity contribution < 1.29 is 16.8 Å². The van der Waals surface area contributed by atoms with Crippen molar-refractivity contribution in [1.29, 1.82) is 0 Å². The number of sulfone groups is 1. The molecule has 2 aromatic carbocycles. The van der Waals surface area contributed by atoms with Gasteiger partial charge in [0.1, 0.15) is 5.25 Å². The van der Waals surface area contributed by atoms with E-state index < -0.39 is 25.1 Å². The molecule has 8 heteroatoms. The molecule has 1 N–H and O–H groups in total. The Hall–Kier alpha value is -2.00. The molecule has 0 aliphatic rings. The molecule has 26 heavy (non-hydrogen) atoms. The van der Waals surface area contributed by atoms with Crippen LogP contribution >= 0.6 is 11.3 Å². The van der Waals surface area contributed by atoms with Crippen LogP contribution in [0.15, 0.2) is 88.0 Å². The van der Waals surface area contributed by atoms with Crippen molar-refractivity contribution in [3.05, 3.63) is 83.1 Å². The fourth-order valence-electron chi connectivity index (χ4n) is 2.48. The van der Waals surface area contributed by atoms with Crippen molar-refractivity contribution in [1.82, 2.24) is 4.72 Å². The van der Waals surface area contributed by atoms with Crippen molar-refractivity contribution in [3.8, 4) is 0 Å². The van der Waals surface area contributed by atoms with Crippen molar-refractivity contribution in [2.75, 3.05) is 6.54 Å². The van der Waals surface area contributed by atoms with Gasteiger partial charge in [-0.2, -0.15) is 0 Å². The van der Waals surface area contributed by atoms with Crippen molar-refractivity contribution in [3.63, 3.8) is 0 Å². The molecule has 1 aromatic heterocycles. The van der Waals surface area contributed by atoms with Gasteiger partial charge < -0.3 is 0 Å². The standard InChI is InChI=1S/C18H17NO4S3/c20-25(21,15-8-3-1-4-9-15)18(17-12-7-13-24-17)14-19-26(22,23)16-10-5-2-6-11-16/h1-13,18-19H,14H2/t18-/m0/s1. The largest absolute Gasteiger partial charge is 0.240 e. The number of thiophene rings is 1. The maximum absolute atomic E-state index is 13.1. The summed E-state index contributed by atoms with van der Waals surface area (Å²) in [6.07, 6.45) is 0. The molecule has 0 unspecified atom stereocenters. The van der Waals surface area contributed by atoms with Crippen LogP contribution in [-0.2, 0) is 19.9 Å². The third kappa shape index (κ3) is 4.04. The van der Waals surface area contributed by atoms with Crippen molar-refractivity contribution >= 4 is 31.2 Å². The van der Waals surface area contributed by atoms with E-state index in [0.717, 1.165) is 0 Å². The van der Waals surface area contributed by atoms with Crippen LogP contribution in [-0.4, -0.2) is 23.4 Å². The fraction of sp³-hybridized carbons (Fsp3) is 0.111. The minimum atomic E-state index is -3.80. The third-order valence-electron chi connectivity index (χ3n) is 3.82. The van der Waals surface area contributed by atoms with E-state index in [1.807, 2.05) is 0 Å². The highest BCUT2D eigenvalue weighted by Crippen LogP contribution is 2.31. The first-order valence-electron chi connectivity index (χ1n) is 7.78. The summed E-state index contributed by atoms with van der Waals surface area (Å²) in [5.74, 6) is 0.